The van der Waals surface area contributed by atoms with Gasteiger partial charge in [-0.1, -0.05) is 12.1 Å². The summed E-state index contributed by atoms with van der Waals surface area (Å²) in [6.45, 7) is 1.61. The van der Waals surface area contributed by atoms with Crippen molar-refractivity contribution >= 4 is 41.3 Å². The van der Waals surface area contributed by atoms with Gasteiger partial charge in [-0.2, -0.15) is 0 Å². The third-order valence-electron chi connectivity index (χ3n) is 4.57. The highest BCUT2D eigenvalue weighted by Gasteiger charge is 2.14. The molecule has 2 N–H and O–H groups in total. The molecule has 0 saturated carbocycles. The van der Waals surface area contributed by atoms with Crippen molar-refractivity contribution in [2.75, 3.05) is 20.7 Å². The van der Waals surface area contributed by atoms with Crippen LogP contribution in [0.5, 0.6) is 5.75 Å². The van der Waals surface area contributed by atoms with Crippen molar-refractivity contribution in [2.45, 2.75) is 45.1 Å². The number of guanidine groups is 1. The minimum Gasteiger partial charge on any atom is -0.497 e. The number of rotatable bonds is 7. The average molecular weight is 500 g/mol. The molecule has 0 bridgehead atoms. The summed E-state index contributed by atoms with van der Waals surface area (Å²) in [4.78, 5) is 10.6. The minimum atomic E-state index is 0. The van der Waals surface area contributed by atoms with E-state index in [1.54, 1.807) is 14.2 Å². The van der Waals surface area contributed by atoms with Crippen molar-refractivity contribution in [2.24, 2.45) is 4.99 Å². The summed E-state index contributed by atoms with van der Waals surface area (Å²) in [7, 11) is 3.49. The van der Waals surface area contributed by atoms with Crippen molar-refractivity contribution < 1.29 is 4.74 Å². The van der Waals surface area contributed by atoms with Gasteiger partial charge in [0, 0.05) is 31.4 Å². The molecule has 0 aliphatic heterocycles. The van der Waals surface area contributed by atoms with Gasteiger partial charge in [0.05, 0.1) is 17.8 Å². The van der Waals surface area contributed by atoms with E-state index < -0.39 is 0 Å². The number of benzene rings is 1. The van der Waals surface area contributed by atoms with Crippen LogP contribution in [-0.4, -0.2) is 31.6 Å². The number of nitrogens with one attached hydrogen (secondary N) is 2. The summed E-state index contributed by atoms with van der Waals surface area (Å²) in [5, 5.41) is 8.02. The molecular weight excluding hydrogens is 471 g/mol. The molecule has 0 atom stereocenters. The van der Waals surface area contributed by atoms with Gasteiger partial charge in [0.25, 0.3) is 0 Å². The summed E-state index contributed by atoms with van der Waals surface area (Å²) in [6, 6.07) is 8.06. The Kier molecular flexibility index (Phi) is 9.33. The van der Waals surface area contributed by atoms with Crippen LogP contribution in [0.4, 0.5) is 0 Å². The number of nitrogens with zero attached hydrogens (tertiary/aromatic N) is 2. The zero-order valence-electron chi connectivity index (χ0n) is 16.1. The first-order valence-electron chi connectivity index (χ1n) is 9.33. The van der Waals surface area contributed by atoms with Crippen LogP contribution in [0.3, 0.4) is 0 Å². The van der Waals surface area contributed by atoms with Gasteiger partial charge < -0.3 is 15.4 Å². The van der Waals surface area contributed by atoms with Crippen molar-refractivity contribution in [3.63, 3.8) is 0 Å². The quantitative estimate of drug-likeness (QED) is 0.262. The van der Waals surface area contributed by atoms with E-state index >= 15 is 0 Å². The summed E-state index contributed by atoms with van der Waals surface area (Å²) < 4.78 is 5.26. The van der Waals surface area contributed by atoms with E-state index in [2.05, 4.69) is 21.7 Å². The molecule has 2 aromatic rings. The molecule has 1 aliphatic rings. The maximum atomic E-state index is 5.26. The normalized spacial score (nSPS) is 13.5. The Morgan fingerprint density at radius 3 is 2.89 bits per heavy atom. The SMILES string of the molecule is CN=C(NCCCc1nc2c(s1)CCCC2)NCc1cccc(OC)c1.I. The highest BCUT2D eigenvalue weighted by molar-refractivity contribution is 14.0. The molecular formula is C20H29IN4OS. The van der Waals surface area contributed by atoms with Gasteiger partial charge in [0.15, 0.2) is 5.96 Å². The Bertz CT molecular complexity index is 724. The number of hydrogen-bond donors (Lipinski definition) is 2. The highest BCUT2D eigenvalue weighted by Crippen LogP contribution is 2.27. The van der Waals surface area contributed by atoms with Crippen molar-refractivity contribution in [1.82, 2.24) is 15.6 Å². The third kappa shape index (κ3) is 6.64. The second-order valence-corrected chi connectivity index (χ2v) is 7.66. The summed E-state index contributed by atoms with van der Waals surface area (Å²) >= 11 is 1.91. The fourth-order valence-corrected chi connectivity index (χ4v) is 4.35. The molecule has 0 fully saturated rings. The zero-order chi connectivity index (χ0) is 18.2. The van der Waals surface area contributed by atoms with Crippen molar-refractivity contribution in [1.29, 1.82) is 0 Å². The Morgan fingerprint density at radius 1 is 1.26 bits per heavy atom. The number of halogens is 1. The van der Waals surface area contributed by atoms with Gasteiger partial charge in [-0.15, -0.1) is 35.3 Å². The summed E-state index contributed by atoms with van der Waals surface area (Å²) in [5.74, 6) is 1.70. The van der Waals surface area contributed by atoms with E-state index in [1.807, 2.05) is 29.5 Å². The topological polar surface area (TPSA) is 58.5 Å². The lowest BCUT2D eigenvalue weighted by Crippen LogP contribution is -2.37. The van der Waals surface area contributed by atoms with E-state index in [9.17, 15) is 0 Å². The Labute approximate surface area is 183 Å². The molecule has 7 heteroatoms. The molecule has 5 nitrogen and oxygen atoms in total. The number of hydrogen-bond acceptors (Lipinski definition) is 4. The first-order chi connectivity index (χ1) is 12.8. The van der Waals surface area contributed by atoms with E-state index in [0.717, 1.165) is 37.6 Å². The van der Waals surface area contributed by atoms with Gasteiger partial charge in [0.1, 0.15) is 5.75 Å². The fourth-order valence-electron chi connectivity index (χ4n) is 3.15. The molecule has 1 aromatic carbocycles. The van der Waals surface area contributed by atoms with Gasteiger partial charge in [-0.05, 0) is 49.8 Å². The maximum absolute atomic E-state index is 5.26. The van der Waals surface area contributed by atoms with Gasteiger partial charge in [-0.25, -0.2) is 4.98 Å². The lowest BCUT2D eigenvalue weighted by molar-refractivity contribution is 0.414. The fraction of sp³-hybridized carbons (Fsp3) is 0.500. The second-order valence-electron chi connectivity index (χ2n) is 6.49. The third-order valence-corrected chi connectivity index (χ3v) is 5.78. The van der Waals surface area contributed by atoms with E-state index in [0.29, 0.717) is 0 Å². The summed E-state index contributed by atoms with van der Waals surface area (Å²) in [6.07, 6.45) is 7.12. The predicted octanol–water partition coefficient (Wildman–Crippen LogP) is 3.95. The number of aryl methyl sites for hydroxylation is 3. The van der Waals surface area contributed by atoms with Crippen LogP contribution >= 0.6 is 35.3 Å². The monoisotopic (exact) mass is 500 g/mol. The Morgan fingerprint density at radius 2 is 2.11 bits per heavy atom. The van der Waals surface area contributed by atoms with E-state index in [-0.39, 0.29) is 24.0 Å². The Hall–Kier alpha value is -1.35. The van der Waals surface area contributed by atoms with Crippen LogP contribution in [0.2, 0.25) is 0 Å². The van der Waals surface area contributed by atoms with E-state index in [1.165, 1.54) is 46.8 Å². The van der Waals surface area contributed by atoms with Gasteiger partial charge in [-0.3, -0.25) is 4.99 Å². The molecule has 1 heterocycles. The maximum Gasteiger partial charge on any atom is 0.191 e. The second kappa shape index (κ2) is 11.5. The molecule has 1 aromatic heterocycles. The molecule has 3 rings (SSSR count). The summed E-state index contributed by atoms with van der Waals surface area (Å²) in [5.41, 5.74) is 2.53. The molecule has 0 radical (unpaired) electrons. The van der Waals surface area contributed by atoms with E-state index in [4.69, 9.17) is 9.72 Å². The number of thiazole rings is 1. The predicted molar refractivity (Wildman–Crippen MR) is 124 cm³/mol. The standard InChI is InChI=1S/C20H28N4OS.HI/c1-21-20(23-14-15-7-5-8-16(13-15)25-2)22-12-6-11-19-24-17-9-3-4-10-18(17)26-19;/h5,7-8,13H,3-4,6,9-12,14H2,1-2H3,(H2,21,22,23);1H. The van der Waals surface area contributed by atoms with Crippen LogP contribution in [0.1, 0.15) is 40.4 Å². The molecule has 0 spiro atoms. The van der Waals surface area contributed by atoms with Crippen molar-refractivity contribution in [3.8, 4) is 5.75 Å². The van der Waals surface area contributed by atoms with Crippen LogP contribution in [0.25, 0.3) is 0 Å². The largest absolute Gasteiger partial charge is 0.497 e. The first kappa shape index (κ1) is 21.9. The van der Waals surface area contributed by atoms with Gasteiger partial charge in [0.2, 0.25) is 0 Å². The molecule has 148 valence electrons. The molecule has 0 amide bonds. The van der Waals surface area contributed by atoms with Crippen LogP contribution in [-0.2, 0) is 25.8 Å². The average Bonchev–Trinajstić information content (AvgIpc) is 3.10. The molecule has 1 aliphatic carbocycles. The number of fused-ring (bicyclic) bond motifs is 1. The lowest BCUT2D eigenvalue weighted by atomic mass is 10.0. The van der Waals surface area contributed by atoms with Crippen molar-refractivity contribution in [3.05, 3.63) is 45.4 Å². The lowest BCUT2D eigenvalue weighted by Gasteiger charge is -2.12. The van der Waals surface area contributed by atoms with Gasteiger partial charge >= 0.3 is 0 Å². The smallest absolute Gasteiger partial charge is 0.191 e. The molecule has 0 unspecified atom stereocenters. The number of aliphatic imine (C=N–C) groups is 1. The van der Waals surface area contributed by atoms with Crippen LogP contribution in [0.15, 0.2) is 29.3 Å². The van der Waals surface area contributed by atoms with Crippen LogP contribution in [0, 0.1) is 0 Å². The Balaban J connectivity index is 0.00000261. The first-order valence-corrected chi connectivity index (χ1v) is 10.1. The molecule has 0 saturated heterocycles. The number of methoxy groups -OCH3 is 1. The highest BCUT2D eigenvalue weighted by atomic mass is 127. The van der Waals surface area contributed by atoms with Crippen LogP contribution < -0.4 is 15.4 Å². The zero-order valence-corrected chi connectivity index (χ0v) is 19.2. The molecule has 27 heavy (non-hydrogen) atoms. The minimum absolute atomic E-state index is 0. The number of ether oxygens (including phenoxy) is 1. The number of aromatic nitrogens is 1.